The maximum atomic E-state index is 12.2. The average molecular weight is 254 g/mol. The number of hydrogen-bond donors (Lipinski definition) is 1. The summed E-state index contributed by atoms with van der Waals surface area (Å²) in [6, 6.07) is 2.23. The summed E-state index contributed by atoms with van der Waals surface area (Å²) in [5.74, 6) is 0.134. The van der Waals surface area contributed by atoms with Gasteiger partial charge in [-0.3, -0.25) is 4.79 Å². The summed E-state index contributed by atoms with van der Waals surface area (Å²) in [5.41, 5.74) is -0.851. The van der Waals surface area contributed by atoms with E-state index in [0.717, 1.165) is 12.8 Å². The van der Waals surface area contributed by atoms with Gasteiger partial charge < -0.3 is 10.1 Å². The van der Waals surface area contributed by atoms with Gasteiger partial charge in [-0.15, -0.1) is 0 Å². The molecule has 0 aliphatic rings. The molecule has 0 rings (SSSR count). The largest absolute Gasteiger partial charge is 0.384 e. The van der Waals surface area contributed by atoms with Gasteiger partial charge in [0, 0.05) is 13.7 Å². The molecule has 0 heterocycles. The first kappa shape index (κ1) is 16.9. The van der Waals surface area contributed by atoms with Gasteiger partial charge >= 0.3 is 0 Å². The molecule has 0 saturated heterocycles. The van der Waals surface area contributed by atoms with E-state index in [0.29, 0.717) is 26.0 Å². The second-order valence-corrected chi connectivity index (χ2v) is 4.96. The highest BCUT2D eigenvalue weighted by atomic mass is 16.5. The first-order chi connectivity index (χ1) is 8.56. The Morgan fingerprint density at radius 1 is 1.39 bits per heavy atom. The van der Waals surface area contributed by atoms with Crippen LogP contribution in [0.15, 0.2) is 0 Å². The summed E-state index contributed by atoms with van der Waals surface area (Å²) in [6.07, 6.45) is 2.94. The fraction of sp³-hybridized carbons (Fsp3) is 0.857. The van der Waals surface area contributed by atoms with Crippen molar-refractivity contribution in [3.8, 4) is 6.07 Å². The number of carbonyl (C=O) groups is 1. The van der Waals surface area contributed by atoms with Gasteiger partial charge in [-0.2, -0.15) is 5.26 Å². The van der Waals surface area contributed by atoms with Crippen molar-refractivity contribution < 1.29 is 9.53 Å². The molecule has 0 radical (unpaired) electrons. The van der Waals surface area contributed by atoms with Crippen molar-refractivity contribution in [1.82, 2.24) is 5.32 Å². The molecule has 4 heteroatoms. The predicted octanol–water partition coefficient (Wildman–Crippen LogP) is 2.50. The molecule has 0 aromatic rings. The Morgan fingerprint density at radius 3 is 2.33 bits per heavy atom. The first-order valence-electron chi connectivity index (χ1n) is 6.74. The van der Waals surface area contributed by atoms with Crippen LogP contribution in [0.3, 0.4) is 0 Å². The van der Waals surface area contributed by atoms with Gasteiger partial charge in [-0.1, -0.05) is 33.6 Å². The van der Waals surface area contributed by atoms with Crippen LogP contribution in [0.25, 0.3) is 0 Å². The third kappa shape index (κ3) is 5.05. The van der Waals surface area contributed by atoms with Gasteiger partial charge in [0.25, 0.3) is 0 Å². The molecule has 0 aromatic carbocycles. The number of amides is 1. The molecule has 1 atom stereocenters. The van der Waals surface area contributed by atoms with E-state index < -0.39 is 5.41 Å². The molecule has 0 spiro atoms. The molecule has 1 N–H and O–H groups in total. The Kier molecular flexibility index (Phi) is 8.40. The molecule has 0 aliphatic heterocycles. The Bertz CT molecular complexity index is 278. The minimum absolute atomic E-state index is 0.128. The molecule has 18 heavy (non-hydrogen) atoms. The van der Waals surface area contributed by atoms with E-state index in [-0.39, 0.29) is 11.8 Å². The predicted molar refractivity (Wildman–Crippen MR) is 71.9 cm³/mol. The number of hydrogen-bond acceptors (Lipinski definition) is 3. The molecule has 104 valence electrons. The number of nitrogens with zero attached hydrogens (tertiary/aromatic N) is 1. The second-order valence-electron chi connectivity index (χ2n) is 4.96. The number of rotatable bonds is 9. The van der Waals surface area contributed by atoms with Crippen molar-refractivity contribution in [2.24, 2.45) is 11.3 Å². The molecule has 0 aliphatic carbocycles. The molecule has 0 aromatic heterocycles. The van der Waals surface area contributed by atoms with Crippen molar-refractivity contribution in [3.63, 3.8) is 0 Å². The van der Waals surface area contributed by atoms with Gasteiger partial charge in [-0.05, 0) is 18.8 Å². The van der Waals surface area contributed by atoms with Crippen LogP contribution < -0.4 is 5.32 Å². The lowest BCUT2D eigenvalue weighted by Gasteiger charge is -2.25. The highest BCUT2D eigenvalue weighted by molar-refractivity contribution is 5.85. The quantitative estimate of drug-likeness (QED) is 0.687. The smallest absolute Gasteiger partial charge is 0.240 e. The maximum Gasteiger partial charge on any atom is 0.240 e. The highest BCUT2D eigenvalue weighted by Crippen LogP contribution is 2.29. The van der Waals surface area contributed by atoms with Crippen LogP contribution in [0.2, 0.25) is 0 Å². The van der Waals surface area contributed by atoms with Gasteiger partial charge in [-0.25, -0.2) is 0 Å². The van der Waals surface area contributed by atoms with E-state index >= 15 is 0 Å². The van der Waals surface area contributed by atoms with Crippen molar-refractivity contribution in [2.75, 3.05) is 20.3 Å². The second kappa shape index (κ2) is 8.93. The first-order valence-corrected chi connectivity index (χ1v) is 6.74. The van der Waals surface area contributed by atoms with Gasteiger partial charge in [0.2, 0.25) is 5.91 Å². The third-order valence-electron chi connectivity index (χ3n) is 3.06. The van der Waals surface area contributed by atoms with Crippen LogP contribution in [0.4, 0.5) is 0 Å². The van der Waals surface area contributed by atoms with Gasteiger partial charge in [0.05, 0.1) is 12.7 Å². The molecule has 4 nitrogen and oxygen atoms in total. The standard InChI is InChI=1S/C14H26N2O2/c1-5-7-14(11-15,8-6-2)13(17)16-9-12(3)10-18-4/h12H,5-10H2,1-4H3,(H,16,17). The summed E-state index contributed by atoms with van der Waals surface area (Å²) >= 11 is 0. The van der Waals surface area contributed by atoms with Crippen LogP contribution in [-0.2, 0) is 9.53 Å². The summed E-state index contributed by atoms with van der Waals surface area (Å²) < 4.78 is 5.03. The van der Waals surface area contributed by atoms with Crippen LogP contribution in [0.5, 0.6) is 0 Å². The van der Waals surface area contributed by atoms with Crippen molar-refractivity contribution in [1.29, 1.82) is 5.26 Å². The van der Waals surface area contributed by atoms with E-state index in [2.05, 4.69) is 11.4 Å². The summed E-state index contributed by atoms with van der Waals surface area (Å²) in [5, 5.41) is 12.2. The lowest BCUT2D eigenvalue weighted by molar-refractivity contribution is -0.129. The van der Waals surface area contributed by atoms with E-state index in [1.54, 1.807) is 7.11 Å². The number of nitriles is 1. The van der Waals surface area contributed by atoms with Crippen molar-refractivity contribution in [3.05, 3.63) is 0 Å². The monoisotopic (exact) mass is 254 g/mol. The summed E-state index contributed by atoms with van der Waals surface area (Å²) in [6.45, 7) is 7.19. The van der Waals surface area contributed by atoms with Crippen LogP contribution in [0, 0.1) is 22.7 Å². The maximum absolute atomic E-state index is 12.2. The summed E-state index contributed by atoms with van der Waals surface area (Å²) in [4.78, 5) is 12.2. The van der Waals surface area contributed by atoms with Crippen LogP contribution in [0.1, 0.15) is 46.5 Å². The van der Waals surface area contributed by atoms with Gasteiger partial charge in [0.15, 0.2) is 0 Å². The normalized spacial score (nSPS) is 12.8. The molecule has 0 bridgehead atoms. The lowest BCUT2D eigenvalue weighted by atomic mass is 9.79. The van der Waals surface area contributed by atoms with E-state index in [1.807, 2.05) is 20.8 Å². The minimum atomic E-state index is -0.851. The topological polar surface area (TPSA) is 62.1 Å². The SMILES string of the molecule is CCCC(C#N)(CCC)C(=O)NCC(C)COC. The van der Waals surface area contributed by atoms with Crippen molar-refractivity contribution in [2.45, 2.75) is 46.5 Å². The molecule has 1 amide bonds. The molecular formula is C14H26N2O2. The fourth-order valence-electron chi connectivity index (χ4n) is 2.15. The lowest BCUT2D eigenvalue weighted by Crippen LogP contribution is -2.42. The average Bonchev–Trinajstić information content (AvgIpc) is 2.35. The molecule has 0 fully saturated rings. The Morgan fingerprint density at radius 2 is 1.94 bits per heavy atom. The molecule has 0 saturated carbocycles. The van der Waals surface area contributed by atoms with Crippen LogP contribution >= 0.6 is 0 Å². The van der Waals surface area contributed by atoms with Crippen LogP contribution in [-0.4, -0.2) is 26.2 Å². The fourth-order valence-corrected chi connectivity index (χ4v) is 2.15. The number of methoxy groups -OCH3 is 1. The van der Waals surface area contributed by atoms with Crippen molar-refractivity contribution >= 4 is 5.91 Å². The zero-order valence-electron chi connectivity index (χ0n) is 12.1. The number of ether oxygens (including phenoxy) is 1. The Labute approximate surface area is 111 Å². The molecular weight excluding hydrogens is 228 g/mol. The van der Waals surface area contributed by atoms with E-state index in [1.165, 1.54) is 0 Å². The number of nitrogens with one attached hydrogen (secondary N) is 1. The molecule has 1 unspecified atom stereocenters. The van der Waals surface area contributed by atoms with Gasteiger partial charge in [0.1, 0.15) is 5.41 Å². The number of carbonyl (C=O) groups excluding carboxylic acids is 1. The Hall–Kier alpha value is -1.08. The summed E-state index contributed by atoms with van der Waals surface area (Å²) in [7, 11) is 1.64. The zero-order chi connectivity index (χ0) is 14.0. The Balaban J connectivity index is 4.52. The third-order valence-corrected chi connectivity index (χ3v) is 3.06. The van der Waals surface area contributed by atoms with E-state index in [4.69, 9.17) is 4.74 Å². The zero-order valence-corrected chi connectivity index (χ0v) is 12.1. The van der Waals surface area contributed by atoms with E-state index in [9.17, 15) is 10.1 Å². The minimum Gasteiger partial charge on any atom is -0.384 e. The highest BCUT2D eigenvalue weighted by Gasteiger charge is 2.36.